The summed E-state index contributed by atoms with van der Waals surface area (Å²) in [5.41, 5.74) is 3.35. The molecular weight excluding hydrogens is 280 g/mol. The first kappa shape index (κ1) is 14.2. The van der Waals surface area contributed by atoms with Gasteiger partial charge in [-0.1, -0.05) is 19.1 Å². The van der Waals surface area contributed by atoms with Crippen LogP contribution in [0.4, 0.5) is 0 Å². The van der Waals surface area contributed by atoms with Gasteiger partial charge in [-0.15, -0.1) is 11.3 Å². The fourth-order valence-electron chi connectivity index (χ4n) is 2.63. The summed E-state index contributed by atoms with van der Waals surface area (Å²) in [4.78, 5) is 9.39. The van der Waals surface area contributed by atoms with E-state index in [1.54, 1.807) is 11.3 Å². The van der Waals surface area contributed by atoms with Crippen LogP contribution in [0, 0.1) is 6.92 Å². The van der Waals surface area contributed by atoms with Gasteiger partial charge in [0, 0.05) is 18.8 Å². The van der Waals surface area contributed by atoms with Crippen LogP contribution in [0.2, 0.25) is 0 Å². The molecular formula is C16H20N4S. The van der Waals surface area contributed by atoms with Crippen LogP contribution in [0.1, 0.15) is 29.5 Å². The molecule has 0 bridgehead atoms. The maximum absolute atomic E-state index is 4.77. The number of imidazole rings is 1. The maximum atomic E-state index is 4.77. The predicted octanol–water partition coefficient (Wildman–Crippen LogP) is 3.23. The molecule has 0 saturated heterocycles. The van der Waals surface area contributed by atoms with Gasteiger partial charge < -0.3 is 9.88 Å². The summed E-state index contributed by atoms with van der Waals surface area (Å²) in [5, 5.41) is 6.78. The number of para-hydroxylation sites is 2. The molecule has 21 heavy (non-hydrogen) atoms. The number of aromatic nitrogens is 3. The van der Waals surface area contributed by atoms with E-state index in [-0.39, 0.29) is 6.04 Å². The third-order valence-electron chi connectivity index (χ3n) is 3.71. The standard InChI is InChI=1S/C16H20N4S/c1-4-17-13(14-10-21-11(2)18-14)9-16-19-12-7-5-6-8-15(12)20(16)3/h5-8,10,13,17H,4,9H2,1-3H3. The molecule has 0 spiro atoms. The van der Waals surface area contributed by atoms with Gasteiger partial charge in [0.2, 0.25) is 0 Å². The molecule has 1 aromatic carbocycles. The lowest BCUT2D eigenvalue weighted by atomic mass is 10.1. The lowest BCUT2D eigenvalue weighted by molar-refractivity contribution is 0.520. The molecule has 0 aliphatic carbocycles. The van der Waals surface area contributed by atoms with E-state index in [9.17, 15) is 0 Å². The Morgan fingerprint density at radius 2 is 2.10 bits per heavy atom. The number of hydrogen-bond acceptors (Lipinski definition) is 4. The first-order valence-corrected chi connectivity index (χ1v) is 8.12. The lowest BCUT2D eigenvalue weighted by Gasteiger charge is -2.15. The molecule has 0 fully saturated rings. The smallest absolute Gasteiger partial charge is 0.111 e. The molecule has 5 heteroatoms. The Bertz CT molecular complexity index is 744. The van der Waals surface area contributed by atoms with Gasteiger partial charge in [0.05, 0.1) is 27.8 Å². The molecule has 3 rings (SSSR count). The predicted molar refractivity (Wildman–Crippen MR) is 87.7 cm³/mol. The van der Waals surface area contributed by atoms with Gasteiger partial charge in [-0.2, -0.15) is 0 Å². The van der Waals surface area contributed by atoms with Crippen LogP contribution in [-0.2, 0) is 13.5 Å². The third-order valence-corrected chi connectivity index (χ3v) is 4.50. The Labute approximate surface area is 128 Å². The van der Waals surface area contributed by atoms with Crippen molar-refractivity contribution in [2.75, 3.05) is 6.54 Å². The highest BCUT2D eigenvalue weighted by Crippen LogP contribution is 2.22. The van der Waals surface area contributed by atoms with E-state index in [0.717, 1.165) is 35.0 Å². The van der Waals surface area contributed by atoms with E-state index >= 15 is 0 Å². The second-order valence-corrected chi connectivity index (χ2v) is 6.24. The number of likely N-dealkylation sites (N-methyl/N-ethyl adjacent to an activating group) is 1. The normalized spacial score (nSPS) is 12.9. The topological polar surface area (TPSA) is 42.7 Å². The van der Waals surface area contributed by atoms with Crippen LogP contribution in [0.25, 0.3) is 11.0 Å². The van der Waals surface area contributed by atoms with Crippen LogP contribution < -0.4 is 5.32 Å². The molecule has 1 unspecified atom stereocenters. The first-order chi connectivity index (χ1) is 10.2. The van der Waals surface area contributed by atoms with Crippen LogP contribution in [-0.4, -0.2) is 21.1 Å². The summed E-state index contributed by atoms with van der Waals surface area (Å²) in [7, 11) is 2.08. The second-order valence-electron chi connectivity index (χ2n) is 5.18. The highest BCUT2D eigenvalue weighted by molar-refractivity contribution is 7.09. The molecule has 0 saturated carbocycles. The lowest BCUT2D eigenvalue weighted by Crippen LogP contribution is -2.24. The van der Waals surface area contributed by atoms with Crippen molar-refractivity contribution in [3.05, 3.63) is 46.2 Å². The van der Waals surface area contributed by atoms with Gasteiger partial charge >= 0.3 is 0 Å². The summed E-state index contributed by atoms with van der Waals surface area (Å²) in [5.74, 6) is 1.09. The summed E-state index contributed by atoms with van der Waals surface area (Å²) >= 11 is 1.70. The van der Waals surface area contributed by atoms with Crippen molar-refractivity contribution in [1.82, 2.24) is 19.9 Å². The highest BCUT2D eigenvalue weighted by Gasteiger charge is 2.17. The van der Waals surface area contributed by atoms with Crippen LogP contribution in [0.15, 0.2) is 29.6 Å². The zero-order chi connectivity index (χ0) is 14.8. The van der Waals surface area contributed by atoms with E-state index in [2.05, 4.69) is 52.4 Å². The molecule has 0 aliphatic heterocycles. The highest BCUT2D eigenvalue weighted by atomic mass is 32.1. The van der Waals surface area contributed by atoms with E-state index < -0.39 is 0 Å². The van der Waals surface area contributed by atoms with E-state index in [1.165, 1.54) is 5.52 Å². The fraction of sp³-hybridized carbons (Fsp3) is 0.375. The number of hydrogen-bond donors (Lipinski definition) is 1. The zero-order valence-electron chi connectivity index (χ0n) is 12.6. The van der Waals surface area contributed by atoms with Gasteiger partial charge in [-0.25, -0.2) is 9.97 Å². The van der Waals surface area contributed by atoms with Crippen molar-refractivity contribution in [2.24, 2.45) is 7.05 Å². The van der Waals surface area contributed by atoms with E-state index in [4.69, 9.17) is 4.98 Å². The summed E-state index contributed by atoms with van der Waals surface area (Å²) in [6.45, 7) is 5.10. The Morgan fingerprint density at radius 1 is 1.29 bits per heavy atom. The van der Waals surface area contributed by atoms with Crippen molar-refractivity contribution in [3.8, 4) is 0 Å². The Hall–Kier alpha value is -1.72. The molecule has 4 nitrogen and oxygen atoms in total. The van der Waals surface area contributed by atoms with Gasteiger partial charge in [0.1, 0.15) is 5.82 Å². The van der Waals surface area contributed by atoms with Crippen molar-refractivity contribution in [2.45, 2.75) is 26.3 Å². The molecule has 1 N–H and O–H groups in total. The number of fused-ring (bicyclic) bond motifs is 1. The number of nitrogens with zero attached hydrogens (tertiary/aromatic N) is 3. The molecule has 3 aromatic rings. The third kappa shape index (κ3) is 2.84. The SMILES string of the molecule is CCNC(Cc1nc2ccccc2n1C)c1csc(C)n1. The fourth-order valence-corrected chi connectivity index (χ4v) is 3.29. The largest absolute Gasteiger partial charge is 0.331 e. The van der Waals surface area contributed by atoms with Crippen molar-refractivity contribution < 1.29 is 0 Å². The summed E-state index contributed by atoms with van der Waals surface area (Å²) < 4.78 is 2.18. The average Bonchev–Trinajstić information content (AvgIpc) is 3.04. The van der Waals surface area contributed by atoms with Crippen molar-refractivity contribution in [1.29, 1.82) is 0 Å². The molecule has 110 valence electrons. The number of aryl methyl sites for hydroxylation is 2. The molecule has 0 amide bonds. The van der Waals surface area contributed by atoms with Gasteiger partial charge in [0.25, 0.3) is 0 Å². The van der Waals surface area contributed by atoms with Crippen LogP contribution >= 0.6 is 11.3 Å². The minimum atomic E-state index is 0.218. The monoisotopic (exact) mass is 300 g/mol. The Balaban J connectivity index is 1.92. The van der Waals surface area contributed by atoms with Gasteiger partial charge in [0.15, 0.2) is 0 Å². The summed E-state index contributed by atoms with van der Waals surface area (Å²) in [6.07, 6.45) is 0.849. The first-order valence-electron chi connectivity index (χ1n) is 7.24. The molecule has 2 aromatic heterocycles. The van der Waals surface area contributed by atoms with E-state index in [1.807, 2.05) is 13.0 Å². The average molecular weight is 300 g/mol. The van der Waals surface area contributed by atoms with E-state index in [0.29, 0.717) is 0 Å². The van der Waals surface area contributed by atoms with Gasteiger partial charge in [-0.3, -0.25) is 0 Å². The molecule has 1 atom stereocenters. The van der Waals surface area contributed by atoms with Crippen molar-refractivity contribution in [3.63, 3.8) is 0 Å². The molecule has 0 radical (unpaired) electrons. The molecule has 2 heterocycles. The number of thiazole rings is 1. The van der Waals surface area contributed by atoms with Gasteiger partial charge in [-0.05, 0) is 25.6 Å². The van der Waals surface area contributed by atoms with Crippen LogP contribution in [0.3, 0.4) is 0 Å². The maximum Gasteiger partial charge on any atom is 0.111 e. The van der Waals surface area contributed by atoms with Crippen LogP contribution in [0.5, 0.6) is 0 Å². The second kappa shape index (κ2) is 5.95. The minimum Gasteiger partial charge on any atom is -0.331 e. The Kier molecular flexibility index (Phi) is 4.03. The number of nitrogens with one attached hydrogen (secondary N) is 1. The number of benzene rings is 1. The van der Waals surface area contributed by atoms with Crippen molar-refractivity contribution >= 4 is 22.4 Å². The summed E-state index contributed by atoms with van der Waals surface area (Å²) in [6, 6.07) is 8.48. The number of rotatable bonds is 5. The zero-order valence-corrected chi connectivity index (χ0v) is 13.4. The minimum absolute atomic E-state index is 0.218. The Morgan fingerprint density at radius 3 is 2.76 bits per heavy atom. The molecule has 0 aliphatic rings. The quantitative estimate of drug-likeness (QED) is 0.786.